The van der Waals surface area contributed by atoms with Crippen LogP contribution < -0.4 is 10.0 Å². The van der Waals surface area contributed by atoms with Crippen molar-refractivity contribution in [1.29, 1.82) is 0 Å². The van der Waals surface area contributed by atoms with Crippen molar-refractivity contribution in [3.63, 3.8) is 0 Å². The summed E-state index contributed by atoms with van der Waals surface area (Å²) in [5, 5.41) is 7.29. The van der Waals surface area contributed by atoms with Gasteiger partial charge in [0, 0.05) is 22.2 Å². The summed E-state index contributed by atoms with van der Waals surface area (Å²) >= 11 is 1.30. The van der Waals surface area contributed by atoms with Crippen molar-refractivity contribution >= 4 is 48.9 Å². The van der Waals surface area contributed by atoms with Crippen LogP contribution in [0.25, 0.3) is 22.0 Å². The number of benzene rings is 4. The maximum Gasteiger partial charge on any atom is 0.261 e. The smallest absolute Gasteiger partial charge is 0.261 e. The van der Waals surface area contributed by atoms with Crippen molar-refractivity contribution in [1.82, 2.24) is 4.98 Å². The van der Waals surface area contributed by atoms with Gasteiger partial charge in [0.2, 0.25) is 0 Å². The molecule has 0 spiro atoms. The monoisotopic (exact) mass is 503 g/mol. The molecular formula is C26H18FN3O3S2. The van der Waals surface area contributed by atoms with Crippen molar-refractivity contribution < 1.29 is 17.6 Å². The number of amides is 1. The van der Waals surface area contributed by atoms with Crippen LogP contribution in [0.1, 0.15) is 10.4 Å². The number of thiazole rings is 1. The van der Waals surface area contributed by atoms with Crippen LogP contribution in [0.2, 0.25) is 0 Å². The second-order valence-electron chi connectivity index (χ2n) is 7.69. The zero-order valence-electron chi connectivity index (χ0n) is 18.1. The van der Waals surface area contributed by atoms with E-state index in [9.17, 15) is 17.6 Å². The first-order valence-corrected chi connectivity index (χ1v) is 12.9. The van der Waals surface area contributed by atoms with Crippen LogP contribution in [-0.2, 0) is 10.0 Å². The standard InChI is InChI=1S/C26H18FN3O3S2/c27-21-10-12-23(13-11-21)35(32,33)30-22-7-3-6-20(15-22)25(31)29-26-28-24(16-34-26)19-9-8-17-4-1-2-5-18(17)14-19/h1-16,30H,(H,28,29,31). The number of anilines is 2. The molecule has 6 nitrogen and oxygen atoms in total. The number of hydrogen-bond donors (Lipinski definition) is 2. The Morgan fingerprint density at radius 3 is 2.43 bits per heavy atom. The Morgan fingerprint density at radius 2 is 1.63 bits per heavy atom. The minimum absolute atomic E-state index is 0.0854. The molecule has 2 N–H and O–H groups in total. The summed E-state index contributed by atoms with van der Waals surface area (Å²) in [6.45, 7) is 0. The molecule has 0 atom stereocenters. The number of nitrogens with zero attached hydrogens (tertiary/aromatic N) is 1. The lowest BCUT2D eigenvalue weighted by Gasteiger charge is -2.09. The number of carbonyl (C=O) groups is 1. The Labute approximate surface area is 205 Å². The zero-order valence-corrected chi connectivity index (χ0v) is 19.7. The van der Waals surface area contributed by atoms with Crippen LogP contribution in [0.4, 0.5) is 15.2 Å². The quantitative estimate of drug-likeness (QED) is 0.291. The molecule has 0 bridgehead atoms. The summed E-state index contributed by atoms with van der Waals surface area (Å²) in [6.07, 6.45) is 0. The second-order valence-corrected chi connectivity index (χ2v) is 10.2. The van der Waals surface area contributed by atoms with Crippen LogP contribution in [0.3, 0.4) is 0 Å². The molecule has 0 aliphatic heterocycles. The second kappa shape index (κ2) is 9.28. The van der Waals surface area contributed by atoms with Crippen LogP contribution in [-0.4, -0.2) is 19.3 Å². The first-order chi connectivity index (χ1) is 16.9. The highest BCUT2D eigenvalue weighted by atomic mass is 32.2. The Bertz CT molecular complexity index is 1650. The predicted molar refractivity (Wildman–Crippen MR) is 137 cm³/mol. The minimum Gasteiger partial charge on any atom is -0.298 e. The highest BCUT2D eigenvalue weighted by molar-refractivity contribution is 7.92. The summed E-state index contributed by atoms with van der Waals surface area (Å²) in [5.41, 5.74) is 2.15. The fourth-order valence-corrected chi connectivity index (χ4v) is 5.30. The topological polar surface area (TPSA) is 88.2 Å². The molecule has 0 fully saturated rings. The molecule has 0 radical (unpaired) electrons. The third-order valence-corrected chi connectivity index (χ3v) is 7.43. The molecule has 1 heterocycles. The van der Waals surface area contributed by atoms with E-state index < -0.39 is 21.7 Å². The molecule has 5 aromatic rings. The molecule has 0 saturated heterocycles. The van der Waals surface area contributed by atoms with Gasteiger partial charge in [0.1, 0.15) is 5.82 Å². The Morgan fingerprint density at radius 1 is 0.857 bits per heavy atom. The van der Waals surface area contributed by atoms with E-state index in [1.54, 1.807) is 12.1 Å². The third kappa shape index (κ3) is 5.06. The average Bonchev–Trinajstić information content (AvgIpc) is 3.32. The van der Waals surface area contributed by atoms with Gasteiger partial charge < -0.3 is 0 Å². The predicted octanol–water partition coefficient (Wildman–Crippen LogP) is 6.16. The van der Waals surface area contributed by atoms with Crippen LogP contribution in [0.15, 0.2) is 101 Å². The van der Waals surface area contributed by atoms with E-state index in [1.165, 1.54) is 35.6 Å². The molecule has 35 heavy (non-hydrogen) atoms. The first-order valence-electron chi connectivity index (χ1n) is 10.5. The van der Waals surface area contributed by atoms with Crippen molar-refractivity contribution in [2.75, 3.05) is 10.0 Å². The van der Waals surface area contributed by atoms with Gasteiger partial charge in [0.05, 0.1) is 10.6 Å². The van der Waals surface area contributed by atoms with Gasteiger partial charge in [-0.1, -0.05) is 42.5 Å². The summed E-state index contributed by atoms with van der Waals surface area (Å²) in [6, 6.07) is 24.7. The number of fused-ring (bicyclic) bond motifs is 1. The third-order valence-electron chi connectivity index (χ3n) is 5.27. The van der Waals surface area contributed by atoms with Crippen molar-refractivity contribution in [2.24, 2.45) is 0 Å². The van der Waals surface area contributed by atoms with Gasteiger partial charge in [0.15, 0.2) is 5.13 Å². The highest BCUT2D eigenvalue weighted by Crippen LogP contribution is 2.28. The lowest BCUT2D eigenvalue weighted by atomic mass is 10.1. The first kappa shape index (κ1) is 22.7. The van der Waals surface area contributed by atoms with E-state index in [-0.39, 0.29) is 16.1 Å². The Hall–Kier alpha value is -4.08. The van der Waals surface area contributed by atoms with E-state index in [1.807, 2.05) is 47.8 Å². The molecule has 0 aliphatic rings. The van der Waals surface area contributed by atoms with E-state index in [2.05, 4.69) is 15.0 Å². The van der Waals surface area contributed by atoms with Crippen molar-refractivity contribution in [3.8, 4) is 11.3 Å². The summed E-state index contributed by atoms with van der Waals surface area (Å²) < 4.78 is 40.7. The number of nitrogens with one attached hydrogen (secondary N) is 2. The Balaban J connectivity index is 1.31. The number of carbonyl (C=O) groups excluding carboxylic acids is 1. The van der Waals surface area contributed by atoms with Crippen LogP contribution >= 0.6 is 11.3 Å². The number of halogens is 1. The molecule has 4 aromatic carbocycles. The normalized spacial score (nSPS) is 11.3. The fraction of sp³-hybridized carbons (Fsp3) is 0. The number of aromatic nitrogens is 1. The summed E-state index contributed by atoms with van der Waals surface area (Å²) in [5.74, 6) is -0.958. The lowest BCUT2D eigenvalue weighted by Crippen LogP contribution is -2.15. The minimum atomic E-state index is -3.93. The SMILES string of the molecule is O=C(Nc1nc(-c2ccc3ccccc3c2)cs1)c1cccc(NS(=O)(=O)c2ccc(F)cc2)c1. The van der Waals surface area contributed by atoms with E-state index in [4.69, 9.17) is 0 Å². The Kier molecular flexibility index (Phi) is 6.02. The number of hydrogen-bond acceptors (Lipinski definition) is 5. The number of rotatable bonds is 6. The van der Waals surface area contributed by atoms with Crippen LogP contribution in [0.5, 0.6) is 0 Å². The maximum absolute atomic E-state index is 13.1. The summed E-state index contributed by atoms with van der Waals surface area (Å²) in [7, 11) is -3.93. The van der Waals surface area contributed by atoms with Gasteiger partial charge in [-0.3, -0.25) is 14.8 Å². The molecule has 0 unspecified atom stereocenters. The zero-order chi connectivity index (χ0) is 24.4. The van der Waals surface area contributed by atoms with Crippen molar-refractivity contribution in [2.45, 2.75) is 4.90 Å². The van der Waals surface area contributed by atoms with Gasteiger partial charge in [-0.15, -0.1) is 11.3 Å². The number of sulfonamides is 1. The lowest BCUT2D eigenvalue weighted by molar-refractivity contribution is 0.102. The van der Waals surface area contributed by atoms with Gasteiger partial charge in [-0.05, 0) is 59.3 Å². The van der Waals surface area contributed by atoms with Gasteiger partial charge in [-0.2, -0.15) is 0 Å². The van der Waals surface area contributed by atoms with Gasteiger partial charge >= 0.3 is 0 Å². The van der Waals surface area contributed by atoms with Crippen molar-refractivity contribution in [3.05, 3.63) is 108 Å². The van der Waals surface area contributed by atoms with Gasteiger partial charge in [0.25, 0.3) is 15.9 Å². The van der Waals surface area contributed by atoms with E-state index in [0.29, 0.717) is 5.13 Å². The molecule has 174 valence electrons. The fourth-order valence-electron chi connectivity index (χ4n) is 3.53. The van der Waals surface area contributed by atoms with E-state index in [0.717, 1.165) is 34.2 Å². The summed E-state index contributed by atoms with van der Waals surface area (Å²) in [4.78, 5) is 17.2. The van der Waals surface area contributed by atoms with Crippen LogP contribution in [0, 0.1) is 5.82 Å². The molecule has 1 amide bonds. The molecule has 1 aromatic heterocycles. The highest BCUT2D eigenvalue weighted by Gasteiger charge is 2.16. The maximum atomic E-state index is 13.1. The molecule has 9 heteroatoms. The van der Waals surface area contributed by atoms with E-state index >= 15 is 0 Å². The molecule has 5 rings (SSSR count). The molecule has 0 aliphatic carbocycles. The molecule has 0 saturated carbocycles. The average molecular weight is 504 g/mol. The van der Waals surface area contributed by atoms with Gasteiger partial charge in [-0.25, -0.2) is 17.8 Å². The largest absolute Gasteiger partial charge is 0.298 e. The molecular weight excluding hydrogens is 485 g/mol.